The fourth-order valence-corrected chi connectivity index (χ4v) is 5.44. The van der Waals surface area contributed by atoms with Gasteiger partial charge in [-0.1, -0.05) is 0 Å². The van der Waals surface area contributed by atoms with Crippen LogP contribution in [-0.4, -0.2) is 72.0 Å². The van der Waals surface area contributed by atoms with Gasteiger partial charge in [0, 0.05) is 46.3 Å². The van der Waals surface area contributed by atoms with Gasteiger partial charge in [-0.3, -0.25) is 4.68 Å². The highest BCUT2D eigenvalue weighted by molar-refractivity contribution is 7.89. The van der Waals surface area contributed by atoms with Gasteiger partial charge in [0.1, 0.15) is 4.90 Å². The van der Waals surface area contributed by atoms with Crippen LogP contribution in [0.2, 0.25) is 0 Å². The molecule has 154 valence electrons. The first-order valence-electron chi connectivity index (χ1n) is 9.63. The molecule has 0 aliphatic carbocycles. The van der Waals surface area contributed by atoms with E-state index in [1.807, 2.05) is 12.1 Å². The largest absolute Gasteiger partial charge is 0.356 e. The molecule has 1 fully saturated rings. The predicted molar refractivity (Wildman–Crippen MR) is 109 cm³/mol. The number of rotatable bonds is 6. The van der Waals surface area contributed by atoms with E-state index in [4.69, 9.17) is 0 Å². The van der Waals surface area contributed by atoms with Gasteiger partial charge in [-0.25, -0.2) is 8.42 Å². The Hall–Kier alpha value is -2.20. The van der Waals surface area contributed by atoms with Crippen LogP contribution in [0.3, 0.4) is 0 Å². The molecule has 1 aliphatic rings. The van der Waals surface area contributed by atoms with Crippen molar-refractivity contribution in [3.8, 4) is 0 Å². The third-order valence-electron chi connectivity index (χ3n) is 5.33. The molecule has 0 N–H and O–H groups in total. The predicted octanol–water partition coefficient (Wildman–Crippen LogP) is 1.18. The van der Waals surface area contributed by atoms with Crippen molar-refractivity contribution in [1.82, 2.24) is 24.3 Å². The molecular weight excluding hydrogens is 378 g/mol. The molecule has 0 spiro atoms. The van der Waals surface area contributed by atoms with E-state index < -0.39 is 10.0 Å². The standard InChI is InChI=1S/C18H29N7O2S/c1-6-23(7-2)16-8-9-17(20-19-16)24-10-12-25(13-11-24)28(26,27)18-14(3)21-22(5)15(18)4/h8-9H,6-7,10-13H2,1-5H3. The molecule has 0 radical (unpaired) electrons. The van der Waals surface area contributed by atoms with Crippen LogP contribution in [0.5, 0.6) is 0 Å². The van der Waals surface area contributed by atoms with Gasteiger partial charge in [0.2, 0.25) is 10.0 Å². The van der Waals surface area contributed by atoms with E-state index in [9.17, 15) is 8.42 Å². The lowest BCUT2D eigenvalue weighted by Crippen LogP contribution is -2.49. The number of piperazine rings is 1. The maximum atomic E-state index is 13.1. The fraction of sp³-hybridized carbons (Fsp3) is 0.611. The van der Waals surface area contributed by atoms with Gasteiger partial charge >= 0.3 is 0 Å². The Bertz CT molecular complexity index is 912. The summed E-state index contributed by atoms with van der Waals surface area (Å²) in [4.78, 5) is 4.54. The van der Waals surface area contributed by atoms with Crippen LogP contribution >= 0.6 is 0 Å². The summed E-state index contributed by atoms with van der Waals surface area (Å²) in [5.41, 5.74) is 1.21. The van der Waals surface area contributed by atoms with Crippen LogP contribution in [0.1, 0.15) is 25.2 Å². The SMILES string of the molecule is CCN(CC)c1ccc(N2CCN(S(=O)(=O)c3c(C)nn(C)c3C)CC2)nn1. The molecule has 0 amide bonds. The van der Waals surface area contributed by atoms with E-state index >= 15 is 0 Å². The number of hydrogen-bond donors (Lipinski definition) is 0. The number of hydrogen-bond acceptors (Lipinski definition) is 7. The molecule has 0 aromatic carbocycles. The van der Waals surface area contributed by atoms with Crippen molar-refractivity contribution < 1.29 is 8.42 Å². The molecule has 0 atom stereocenters. The molecule has 1 saturated heterocycles. The number of sulfonamides is 1. The Morgan fingerprint density at radius 3 is 2.14 bits per heavy atom. The average molecular weight is 408 g/mol. The average Bonchev–Trinajstić information content (AvgIpc) is 2.95. The molecule has 1 aliphatic heterocycles. The molecule has 2 aromatic heterocycles. The molecule has 0 unspecified atom stereocenters. The van der Waals surface area contributed by atoms with Crippen LogP contribution in [-0.2, 0) is 17.1 Å². The van der Waals surface area contributed by atoms with Gasteiger partial charge in [-0.05, 0) is 39.8 Å². The highest BCUT2D eigenvalue weighted by Gasteiger charge is 2.33. The second kappa shape index (κ2) is 8.04. The molecular formula is C18H29N7O2S. The molecule has 3 heterocycles. The summed E-state index contributed by atoms with van der Waals surface area (Å²) in [5.74, 6) is 1.64. The van der Waals surface area contributed by atoms with E-state index in [-0.39, 0.29) is 0 Å². The van der Waals surface area contributed by atoms with Crippen molar-refractivity contribution in [1.29, 1.82) is 0 Å². The highest BCUT2D eigenvalue weighted by Crippen LogP contribution is 2.25. The number of nitrogens with zero attached hydrogens (tertiary/aromatic N) is 7. The zero-order valence-corrected chi connectivity index (χ0v) is 18.1. The van der Waals surface area contributed by atoms with E-state index in [1.54, 1.807) is 25.6 Å². The highest BCUT2D eigenvalue weighted by atomic mass is 32.2. The Kier molecular flexibility index (Phi) is 5.90. The lowest BCUT2D eigenvalue weighted by molar-refractivity contribution is 0.383. The van der Waals surface area contributed by atoms with Crippen molar-refractivity contribution in [3.05, 3.63) is 23.5 Å². The van der Waals surface area contributed by atoms with Crippen molar-refractivity contribution in [2.45, 2.75) is 32.6 Å². The summed E-state index contributed by atoms with van der Waals surface area (Å²) in [6.45, 7) is 11.5. The quantitative estimate of drug-likeness (QED) is 0.711. The van der Waals surface area contributed by atoms with Gasteiger partial charge in [-0.2, -0.15) is 9.40 Å². The molecule has 0 bridgehead atoms. The summed E-state index contributed by atoms with van der Waals surface area (Å²) in [7, 11) is -1.79. The van der Waals surface area contributed by atoms with Crippen LogP contribution in [0.25, 0.3) is 0 Å². The van der Waals surface area contributed by atoms with E-state index in [0.29, 0.717) is 42.5 Å². The monoisotopic (exact) mass is 407 g/mol. The van der Waals surface area contributed by atoms with E-state index in [1.165, 1.54) is 4.31 Å². The third kappa shape index (κ3) is 3.70. The van der Waals surface area contributed by atoms with Crippen LogP contribution in [0.4, 0.5) is 11.6 Å². The lowest BCUT2D eigenvalue weighted by atomic mass is 10.3. The van der Waals surface area contributed by atoms with Crippen LogP contribution in [0, 0.1) is 13.8 Å². The summed E-state index contributed by atoms with van der Waals surface area (Å²) in [5, 5.41) is 12.9. The minimum Gasteiger partial charge on any atom is -0.356 e. The fourth-order valence-electron chi connectivity index (χ4n) is 3.62. The molecule has 0 saturated carbocycles. The Balaban J connectivity index is 1.70. The Morgan fingerprint density at radius 2 is 1.68 bits per heavy atom. The minimum absolute atomic E-state index is 0.326. The van der Waals surface area contributed by atoms with Gasteiger partial charge in [0.15, 0.2) is 11.6 Å². The maximum Gasteiger partial charge on any atom is 0.246 e. The summed E-state index contributed by atoms with van der Waals surface area (Å²) in [6.07, 6.45) is 0. The number of aromatic nitrogens is 4. The van der Waals surface area contributed by atoms with Gasteiger partial charge in [-0.15, -0.1) is 10.2 Å². The first-order chi connectivity index (χ1) is 13.3. The first-order valence-corrected chi connectivity index (χ1v) is 11.1. The summed E-state index contributed by atoms with van der Waals surface area (Å²) in [6, 6.07) is 3.93. The normalized spacial score (nSPS) is 15.8. The second-order valence-corrected chi connectivity index (χ2v) is 8.81. The van der Waals surface area contributed by atoms with Crippen molar-refractivity contribution in [2.24, 2.45) is 7.05 Å². The smallest absolute Gasteiger partial charge is 0.246 e. The zero-order chi connectivity index (χ0) is 20.5. The van der Waals surface area contributed by atoms with Gasteiger partial charge in [0.05, 0.1) is 11.4 Å². The molecule has 10 heteroatoms. The minimum atomic E-state index is -3.55. The van der Waals surface area contributed by atoms with Crippen LogP contribution in [0.15, 0.2) is 17.0 Å². The number of aryl methyl sites for hydroxylation is 2. The molecule has 2 aromatic rings. The molecule has 3 rings (SSSR count). The van der Waals surface area contributed by atoms with E-state index in [0.717, 1.165) is 24.7 Å². The van der Waals surface area contributed by atoms with E-state index in [2.05, 4.69) is 38.9 Å². The first kappa shape index (κ1) is 20.5. The summed E-state index contributed by atoms with van der Waals surface area (Å²) < 4.78 is 29.3. The summed E-state index contributed by atoms with van der Waals surface area (Å²) >= 11 is 0. The number of anilines is 2. The molecule has 28 heavy (non-hydrogen) atoms. The van der Waals surface area contributed by atoms with Crippen molar-refractivity contribution >= 4 is 21.7 Å². The Morgan fingerprint density at radius 1 is 1.04 bits per heavy atom. The Labute approximate surface area is 167 Å². The molecule has 9 nitrogen and oxygen atoms in total. The second-order valence-electron chi connectivity index (χ2n) is 6.94. The van der Waals surface area contributed by atoms with Crippen molar-refractivity contribution in [3.63, 3.8) is 0 Å². The zero-order valence-electron chi connectivity index (χ0n) is 17.3. The van der Waals surface area contributed by atoms with Crippen LogP contribution < -0.4 is 9.80 Å². The maximum absolute atomic E-state index is 13.1. The van der Waals surface area contributed by atoms with Gasteiger partial charge < -0.3 is 9.80 Å². The van der Waals surface area contributed by atoms with Crippen molar-refractivity contribution in [2.75, 3.05) is 49.1 Å². The lowest BCUT2D eigenvalue weighted by Gasteiger charge is -2.34. The third-order valence-corrected chi connectivity index (χ3v) is 7.48. The topological polar surface area (TPSA) is 87.5 Å². The van der Waals surface area contributed by atoms with Gasteiger partial charge in [0.25, 0.3) is 0 Å².